The molecule has 0 saturated carbocycles. The van der Waals surface area contributed by atoms with Gasteiger partial charge in [0.15, 0.2) is 5.15 Å². The van der Waals surface area contributed by atoms with Crippen LogP contribution >= 0.6 is 11.6 Å². The van der Waals surface area contributed by atoms with Crippen LogP contribution in [-0.2, 0) is 16.0 Å². The monoisotopic (exact) mass is 356 g/mol. The molecule has 6 nitrogen and oxygen atoms in total. The van der Waals surface area contributed by atoms with E-state index in [-0.39, 0.29) is 17.7 Å². The molecule has 2 aliphatic rings. The van der Waals surface area contributed by atoms with Crippen LogP contribution in [-0.4, -0.2) is 53.0 Å². The molecule has 2 saturated heterocycles. The van der Waals surface area contributed by atoms with Crippen molar-refractivity contribution in [3.8, 4) is 0 Å². The largest absolute Gasteiger partial charge is 0.389 e. The van der Waals surface area contributed by atoms with Gasteiger partial charge in [-0.1, -0.05) is 23.7 Å². The number of halogens is 1. The fourth-order valence-corrected chi connectivity index (χ4v) is 4.12. The molecule has 1 N–H and O–H groups in total. The van der Waals surface area contributed by atoms with E-state index in [1.807, 2.05) is 11.8 Å². The van der Waals surface area contributed by atoms with Crippen molar-refractivity contribution in [1.82, 2.24) is 10.1 Å². The van der Waals surface area contributed by atoms with E-state index in [0.29, 0.717) is 43.3 Å². The highest BCUT2D eigenvalue weighted by Gasteiger charge is 2.45. The third kappa shape index (κ3) is 3.76. The molecule has 0 aromatic carbocycles. The van der Waals surface area contributed by atoms with Gasteiger partial charge in [0.1, 0.15) is 5.76 Å². The van der Waals surface area contributed by atoms with Gasteiger partial charge in [-0.15, -0.1) is 0 Å². The van der Waals surface area contributed by atoms with Crippen LogP contribution in [0.5, 0.6) is 0 Å². The first-order chi connectivity index (χ1) is 11.5. The molecule has 2 fully saturated rings. The number of piperidine rings is 1. The highest BCUT2D eigenvalue weighted by Crippen LogP contribution is 2.39. The Balaban J connectivity index is 1.53. The summed E-state index contributed by atoms with van der Waals surface area (Å²) in [6.07, 6.45) is 3.31. The Labute approximate surface area is 147 Å². The topological polar surface area (TPSA) is 75.8 Å². The quantitative estimate of drug-likeness (QED) is 0.895. The van der Waals surface area contributed by atoms with E-state index >= 15 is 0 Å². The molecule has 1 amide bonds. The van der Waals surface area contributed by atoms with E-state index in [2.05, 4.69) is 5.16 Å². The minimum atomic E-state index is -0.682. The van der Waals surface area contributed by atoms with E-state index < -0.39 is 5.60 Å². The molecule has 7 heteroatoms. The second kappa shape index (κ2) is 7.42. The third-order valence-electron chi connectivity index (χ3n) is 5.53. The Morgan fingerprint density at radius 2 is 2.25 bits per heavy atom. The molecule has 1 aromatic rings. The van der Waals surface area contributed by atoms with Crippen molar-refractivity contribution < 1.29 is 19.2 Å². The SMILES string of the molecule is C[C@@H]1CN(C(=O)CCc2cc(Cl)no2)CC[C@@]1(O)C1CCOCC1. The summed E-state index contributed by atoms with van der Waals surface area (Å²) in [5.41, 5.74) is -0.682. The molecule has 0 spiro atoms. The van der Waals surface area contributed by atoms with Crippen molar-refractivity contribution in [3.63, 3.8) is 0 Å². The lowest BCUT2D eigenvalue weighted by Crippen LogP contribution is -2.56. The van der Waals surface area contributed by atoms with E-state index in [9.17, 15) is 9.90 Å². The van der Waals surface area contributed by atoms with Gasteiger partial charge in [0.05, 0.1) is 5.60 Å². The van der Waals surface area contributed by atoms with Crippen LogP contribution in [0, 0.1) is 11.8 Å². The first-order valence-electron chi connectivity index (χ1n) is 8.68. The fourth-order valence-electron chi connectivity index (χ4n) is 3.96. The normalized spacial score (nSPS) is 29.0. The molecular weight excluding hydrogens is 332 g/mol. The Kier molecular flexibility index (Phi) is 5.47. The zero-order chi connectivity index (χ0) is 17.2. The van der Waals surface area contributed by atoms with Crippen LogP contribution in [0.4, 0.5) is 0 Å². The van der Waals surface area contributed by atoms with Crippen molar-refractivity contribution in [2.45, 2.75) is 44.6 Å². The molecule has 3 heterocycles. The summed E-state index contributed by atoms with van der Waals surface area (Å²) in [6.45, 7) is 4.70. The van der Waals surface area contributed by atoms with Crippen molar-refractivity contribution >= 4 is 17.5 Å². The van der Waals surface area contributed by atoms with Crippen LogP contribution < -0.4 is 0 Å². The number of carbonyl (C=O) groups is 1. The summed E-state index contributed by atoms with van der Waals surface area (Å²) in [5, 5.41) is 15.1. The predicted molar refractivity (Wildman–Crippen MR) is 88.7 cm³/mol. The third-order valence-corrected chi connectivity index (χ3v) is 5.70. The van der Waals surface area contributed by atoms with Crippen LogP contribution in [0.15, 0.2) is 10.6 Å². The summed E-state index contributed by atoms with van der Waals surface area (Å²) in [4.78, 5) is 14.3. The summed E-state index contributed by atoms with van der Waals surface area (Å²) in [6, 6.07) is 1.64. The van der Waals surface area contributed by atoms with Gasteiger partial charge in [-0.25, -0.2) is 0 Å². The van der Waals surface area contributed by atoms with Crippen molar-refractivity contribution in [1.29, 1.82) is 0 Å². The lowest BCUT2D eigenvalue weighted by Gasteiger charge is -2.48. The van der Waals surface area contributed by atoms with Crippen LogP contribution in [0.2, 0.25) is 5.15 Å². The number of aromatic nitrogens is 1. The number of hydrogen-bond donors (Lipinski definition) is 1. The minimum Gasteiger partial charge on any atom is -0.389 e. The maximum absolute atomic E-state index is 12.4. The zero-order valence-electron chi connectivity index (χ0n) is 14.0. The second-order valence-corrected chi connectivity index (χ2v) is 7.37. The summed E-state index contributed by atoms with van der Waals surface area (Å²) in [7, 11) is 0. The average Bonchev–Trinajstić information content (AvgIpc) is 3.01. The number of ether oxygens (including phenoxy) is 1. The van der Waals surface area contributed by atoms with Crippen LogP contribution in [0.25, 0.3) is 0 Å². The summed E-state index contributed by atoms with van der Waals surface area (Å²) in [5.74, 6) is 1.05. The number of rotatable bonds is 4. The van der Waals surface area contributed by atoms with Crippen molar-refractivity contribution in [3.05, 3.63) is 17.0 Å². The highest BCUT2D eigenvalue weighted by molar-refractivity contribution is 6.29. The Bertz CT molecular complexity index is 573. The van der Waals surface area contributed by atoms with Gasteiger partial charge in [-0.2, -0.15) is 0 Å². The van der Waals surface area contributed by atoms with E-state index in [1.54, 1.807) is 6.07 Å². The van der Waals surface area contributed by atoms with E-state index in [0.717, 1.165) is 26.1 Å². The predicted octanol–water partition coefficient (Wildman–Crippen LogP) is 2.29. The number of carbonyl (C=O) groups excluding carboxylic acids is 1. The number of hydrogen-bond acceptors (Lipinski definition) is 5. The highest BCUT2D eigenvalue weighted by atomic mass is 35.5. The molecule has 3 rings (SSSR count). The molecule has 0 radical (unpaired) electrons. The molecule has 1 aromatic heterocycles. The first-order valence-corrected chi connectivity index (χ1v) is 9.06. The first kappa shape index (κ1) is 17.7. The number of aliphatic hydroxyl groups is 1. The average molecular weight is 357 g/mol. The van der Waals surface area contributed by atoms with Crippen molar-refractivity contribution in [2.24, 2.45) is 11.8 Å². The summed E-state index contributed by atoms with van der Waals surface area (Å²) < 4.78 is 10.4. The van der Waals surface area contributed by atoms with Gasteiger partial charge in [-0.3, -0.25) is 4.79 Å². The maximum Gasteiger partial charge on any atom is 0.223 e. The molecular formula is C17H25ClN2O4. The molecule has 0 unspecified atom stereocenters. The van der Waals surface area contributed by atoms with Crippen LogP contribution in [0.3, 0.4) is 0 Å². The Morgan fingerprint density at radius 3 is 2.88 bits per heavy atom. The molecule has 0 aliphatic carbocycles. The molecule has 24 heavy (non-hydrogen) atoms. The molecule has 2 aliphatic heterocycles. The number of aryl methyl sites for hydroxylation is 1. The number of amides is 1. The fraction of sp³-hybridized carbons (Fsp3) is 0.765. The standard InChI is InChI=1S/C17H25ClN2O4/c1-12-11-20(16(21)3-2-14-10-15(18)19-24-14)7-6-17(12,22)13-4-8-23-9-5-13/h10,12-13,22H,2-9,11H2,1H3/t12-,17+/m1/s1. The van der Waals surface area contributed by atoms with E-state index in [1.165, 1.54) is 0 Å². The van der Waals surface area contributed by atoms with Gasteiger partial charge in [0, 0.05) is 51.1 Å². The van der Waals surface area contributed by atoms with Gasteiger partial charge in [0.25, 0.3) is 0 Å². The van der Waals surface area contributed by atoms with Gasteiger partial charge < -0.3 is 19.3 Å². The Morgan fingerprint density at radius 1 is 1.50 bits per heavy atom. The van der Waals surface area contributed by atoms with Gasteiger partial charge >= 0.3 is 0 Å². The Hall–Kier alpha value is -1.11. The number of likely N-dealkylation sites (tertiary alicyclic amines) is 1. The molecule has 0 bridgehead atoms. The molecule has 2 atom stereocenters. The molecule has 134 valence electrons. The van der Waals surface area contributed by atoms with Crippen LogP contribution in [0.1, 0.15) is 38.4 Å². The minimum absolute atomic E-state index is 0.0676. The lowest BCUT2D eigenvalue weighted by molar-refractivity contribution is -0.151. The van der Waals surface area contributed by atoms with Gasteiger partial charge in [0.2, 0.25) is 5.91 Å². The van der Waals surface area contributed by atoms with Crippen molar-refractivity contribution in [2.75, 3.05) is 26.3 Å². The van der Waals surface area contributed by atoms with Gasteiger partial charge in [-0.05, 0) is 25.2 Å². The zero-order valence-corrected chi connectivity index (χ0v) is 14.8. The smallest absolute Gasteiger partial charge is 0.223 e. The summed E-state index contributed by atoms with van der Waals surface area (Å²) >= 11 is 5.71. The number of nitrogens with zero attached hydrogens (tertiary/aromatic N) is 2. The second-order valence-electron chi connectivity index (χ2n) is 6.98. The lowest BCUT2D eigenvalue weighted by atomic mass is 9.70. The maximum atomic E-state index is 12.4. The van der Waals surface area contributed by atoms with E-state index in [4.69, 9.17) is 20.9 Å².